The highest BCUT2D eigenvalue weighted by Gasteiger charge is 2.30. The molecule has 0 radical (unpaired) electrons. The minimum Gasteiger partial charge on any atom is -0.398 e. The van der Waals surface area contributed by atoms with Gasteiger partial charge in [-0.15, -0.1) is 0 Å². The van der Waals surface area contributed by atoms with E-state index < -0.39 is 0 Å². The molecule has 0 aliphatic carbocycles. The van der Waals surface area contributed by atoms with E-state index in [1.807, 2.05) is 4.90 Å². The third-order valence-electron chi connectivity index (χ3n) is 4.50. The molecule has 1 aromatic carbocycles. The van der Waals surface area contributed by atoms with Crippen LogP contribution >= 0.6 is 0 Å². The van der Waals surface area contributed by atoms with Crippen LogP contribution in [-0.2, 0) is 11.3 Å². The number of hydrogen-bond acceptors (Lipinski definition) is 2. The minimum atomic E-state index is -0.311. The lowest BCUT2D eigenvalue weighted by atomic mass is 9.77. The molecule has 1 aliphatic heterocycles. The van der Waals surface area contributed by atoms with E-state index in [0.29, 0.717) is 30.1 Å². The van der Waals surface area contributed by atoms with Crippen LogP contribution in [-0.4, -0.2) is 17.4 Å². The third kappa shape index (κ3) is 3.96. The van der Waals surface area contributed by atoms with Gasteiger partial charge in [0.1, 0.15) is 5.82 Å². The summed E-state index contributed by atoms with van der Waals surface area (Å²) in [6.45, 7) is 7.79. The molecule has 1 aromatic rings. The van der Waals surface area contributed by atoms with Crippen molar-refractivity contribution in [2.24, 2.45) is 11.3 Å². The number of rotatable bonds is 2. The van der Waals surface area contributed by atoms with Gasteiger partial charge in [-0.25, -0.2) is 4.39 Å². The summed E-state index contributed by atoms with van der Waals surface area (Å²) in [6.07, 6.45) is 2.49. The van der Waals surface area contributed by atoms with Gasteiger partial charge >= 0.3 is 0 Å². The summed E-state index contributed by atoms with van der Waals surface area (Å²) in [4.78, 5) is 14.1. The van der Waals surface area contributed by atoms with Crippen LogP contribution in [0.2, 0.25) is 0 Å². The molecule has 0 saturated carbocycles. The van der Waals surface area contributed by atoms with E-state index in [9.17, 15) is 9.18 Å². The van der Waals surface area contributed by atoms with E-state index in [0.717, 1.165) is 19.4 Å². The number of carbonyl (C=O) groups excluding carboxylic acids is 1. The standard InChI is InChI=1S/C17H25FN2O/c1-17(2,3)13-4-7-16(21)20(9-8-13)11-12-10-14(18)5-6-15(12)19/h5-6,10,13H,4,7-9,11,19H2,1-3H3. The third-order valence-corrected chi connectivity index (χ3v) is 4.50. The van der Waals surface area contributed by atoms with Crippen molar-refractivity contribution in [3.8, 4) is 0 Å². The van der Waals surface area contributed by atoms with Crippen LogP contribution < -0.4 is 5.73 Å². The van der Waals surface area contributed by atoms with Crippen molar-refractivity contribution in [1.29, 1.82) is 0 Å². The van der Waals surface area contributed by atoms with Crippen LogP contribution in [0.3, 0.4) is 0 Å². The molecule has 1 unspecified atom stereocenters. The van der Waals surface area contributed by atoms with Crippen molar-refractivity contribution in [2.75, 3.05) is 12.3 Å². The number of carbonyl (C=O) groups is 1. The largest absolute Gasteiger partial charge is 0.398 e. The maximum Gasteiger partial charge on any atom is 0.222 e. The zero-order chi connectivity index (χ0) is 15.6. The molecule has 1 heterocycles. The van der Waals surface area contributed by atoms with Gasteiger partial charge < -0.3 is 10.6 Å². The summed E-state index contributed by atoms with van der Waals surface area (Å²) >= 11 is 0. The number of nitrogens with two attached hydrogens (primary N) is 1. The van der Waals surface area contributed by atoms with Gasteiger partial charge in [-0.3, -0.25) is 4.79 Å². The second kappa shape index (κ2) is 6.04. The molecule has 1 saturated heterocycles. The van der Waals surface area contributed by atoms with Crippen molar-refractivity contribution in [3.05, 3.63) is 29.6 Å². The van der Waals surface area contributed by atoms with Gasteiger partial charge in [-0.1, -0.05) is 20.8 Å². The number of anilines is 1. The first-order valence-corrected chi connectivity index (χ1v) is 7.59. The highest BCUT2D eigenvalue weighted by atomic mass is 19.1. The van der Waals surface area contributed by atoms with Gasteiger partial charge in [-0.2, -0.15) is 0 Å². The van der Waals surface area contributed by atoms with E-state index in [1.54, 1.807) is 6.07 Å². The smallest absolute Gasteiger partial charge is 0.222 e. The van der Waals surface area contributed by atoms with Gasteiger partial charge in [0.2, 0.25) is 5.91 Å². The summed E-state index contributed by atoms with van der Waals surface area (Å²) in [5.41, 5.74) is 7.33. The minimum absolute atomic E-state index is 0.144. The molecule has 4 heteroatoms. The second-order valence-corrected chi connectivity index (χ2v) is 7.05. The quantitative estimate of drug-likeness (QED) is 0.847. The van der Waals surface area contributed by atoms with E-state index >= 15 is 0 Å². The molecule has 1 aliphatic rings. The molecule has 1 amide bonds. The number of halogens is 1. The van der Waals surface area contributed by atoms with E-state index in [-0.39, 0.29) is 17.1 Å². The Labute approximate surface area is 126 Å². The van der Waals surface area contributed by atoms with Crippen LogP contribution in [0.5, 0.6) is 0 Å². The molecule has 3 nitrogen and oxygen atoms in total. The zero-order valence-corrected chi connectivity index (χ0v) is 13.2. The molecule has 2 rings (SSSR count). The molecular formula is C17H25FN2O. The zero-order valence-electron chi connectivity index (χ0n) is 13.2. The second-order valence-electron chi connectivity index (χ2n) is 7.05. The summed E-state index contributed by atoms with van der Waals surface area (Å²) in [7, 11) is 0. The molecular weight excluding hydrogens is 267 g/mol. The molecule has 0 aromatic heterocycles. The van der Waals surface area contributed by atoms with Crippen LogP contribution in [0.4, 0.5) is 10.1 Å². The number of likely N-dealkylation sites (tertiary alicyclic amines) is 1. The Morgan fingerprint density at radius 1 is 1.33 bits per heavy atom. The van der Waals surface area contributed by atoms with Crippen molar-refractivity contribution in [1.82, 2.24) is 4.90 Å². The Bertz CT molecular complexity index is 522. The first-order chi connectivity index (χ1) is 9.77. The van der Waals surface area contributed by atoms with Crippen molar-refractivity contribution < 1.29 is 9.18 Å². The number of nitrogens with zero attached hydrogens (tertiary/aromatic N) is 1. The number of benzene rings is 1. The number of hydrogen-bond donors (Lipinski definition) is 1. The van der Waals surface area contributed by atoms with E-state index in [1.165, 1.54) is 12.1 Å². The van der Waals surface area contributed by atoms with Crippen LogP contribution in [0, 0.1) is 17.2 Å². The maximum atomic E-state index is 13.3. The van der Waals surface area contributed by atoms with Crippen LogP contribution in [0.25, 0.3) is 0 Å². The fraction of sp³-hybridized carbons (Fsp3) is 0.588. The summed E-state index contributed by atoms with van der Waals surface area (Å²) in [6, 6.07) is 4.33. The highest BCUT2D eigenvalue weighted by Crippen LogP contribution is 2.35. The average molecular weight is 292 g/mol. The summed E-state index contributed by atoms with van der Waals surface area (Å²) in [5, 5.41) is 0. The molecule has 2 N–H and O–H groups in total. The Morgan fingerprint density at radius 2 is 2.05 bits per heavy atom. The lowest BCUT2D eigenvalue weighted by Crippen LogP contribution is -2.30. The molecule has 21 heavy (non-hydrogen) atoms. The summed E-state index contributed by atoms with van der Waals surface area (Å²) < 4.78 is 13.3. The van der Waals surface area contributed by atoms with Crippen LogP contribution in [0.15, 0.2) is 18.2 Å². The Hall–Kier alpha value is -1.58. The van der Waals surface area contributed by atoms with Crippen LogP contribution in [0.1, 0.15) is 45.6 Å². The number of nitrogen functional groups attached to an aromatic ring is 1. The van der Waals surface area contributed by atoms with Crippen molar-refractivity contribution in [3.63, 3.8) is 0 Å². The van der Waals surface area contributed by atoms with Gasteiger partial charge in [0.15, 0.2) is 0 Å². The SMILES string of the molecule is CC(C)(C)C1CCC(=O)N(Cc2cc(F)ccc2N)CC1. The first-order valence-electron chi connectivity index (χ1n) is 7.59. The Morgan fingerprint density at radius 3 is 2.71 bits per heavy atom. The first kappa shape index (κ1) is 15.8. The molecule has 1 atom stereocenters. The Balaban J connectivity index is 2.10. The molecule has 0 spiro atoms. The highest BCUT2D eigenvalue weighted by molar-refractivity contribution is 5.76. The fourth-order valence-electron chi connectivity index (χ4n) is 2.99. The maximum absolute atomic E-state index is 13.3. The Kier molecular flexibility index (Phi) is 4.55. The lowest BCUT2D eigenvalue weighted by molar-refractivity contribution is -0.131. The van der Waals surface area contributed by atoms with Gasteiger partial charge in [0, 0.05) is 25.2 Å². The molecule has 1 fully saturated rings. The predicted molar refractivity (Wildman–Crippen MR) is 83.0 cm³/mol. The summed E-state index contributed by atoms with van der Waals surface area (Å²) in [5.74, 6) is 0.371. The molecule has 116 valence electrons. The lowest BCUT2D eigenvalue weighted by Gasteiger charge is -2.29. The van der Waals surface area contributed by atoms with Gasteiger partial charge in [0.05, 0.1) is 0 Å². The number of amides is 1. The van der Waals surface area contributed by atoms with Gasteiger partial charge in [-0.05, 0) is 47.9 Å². The van der Waals surface area contributed by atoms with E-state index in [4.69, 9.17) is 5.73 Å². The topological polar surface area (TPSA) is 46.3 Å². The predicted octanol–water partition coefficient (Wildman–Crippen LogP) is 3.58. The van der Waals surface area contributed by atoms with Crippen molar-refractivity contribution >= 4 is 11.6 Å². The molecule has 0 bridgehead atoms. The normalized spacial score (nSPS) is 20.5. The monoisotopic (exact) mass is 292 g/mol. The van der Waals surface area contributed by atoms with E-state index in [2.05, 4.69) is 20.8 Å². The average Bonchev–Trinajstić information content (AvgIpc) is 2.56. The van der Waals surface area contributed by atoms with Gasteiger partial charge in [0.25, 0.3) is 0 Å². The van der Waals surface area contributed by atoms with Crippen molar-refractivity contribution in [2.45, 2.75) is 46.6 Å². The fourth-order valence-corrected chi connectivity index (χ4v) is 2.99.